The Kier molecular flexibility index (Phi) is 8.16. The number of hydrogen-bond donors (Lipinski definition) is 1. The van der Waals surface area contributed by atoms with Gasteiger partial charge < -0.3 is 19.5 Å². The molecule has 0 saturated heterocycles. The summed E-state index contributed by atoms with van der Waals surface area (Å²) in [6.45, 7) is 5.81. The van der Waals surface area contributed by atoms with E-state index in [9.17, 15) is 9.59 Å². The van der Waals surface area contributed by atoms with E-state index >= 15 is 0 Å². The third kappa shape index (κ3) is 5.71. The zero-order valence-corrected chi connectivity index (χ0v) is 23.7. The summed E-state index contributed by atoms with van der Waals surface area (Å²) in [5.41, 5.74) is 2.85. The minimum atomic E-state index is -0.688. The van der Waals surface area contributed by atoms with Gasteiger partial charge in [0.25, 0.3) is 11.5 Å². The fraction of sp³-hybridized carbons (Fsp3) is 0.156. The summed E-state index contributed by atoms with van der Waals surface area (Å²) in [5.74, 6) is 1.47. The number of nitrogens with one attached hydrogen (secondary N) is 1. The molecule has 1 amide bonds. The molecule has 41 heavy (non-hydrogen) atoms. The van der Waals surface area contributed by atoms with Crippen molar-refractivity contribution < 1.29 is 19.0 Å². The number of aromatic nitrogens is 1. The number of thiazole rings is 1. The average Bonchev–Trinajstić information content (AvgIpc) is 3.29. The lowest BCUT2D eigenvalue weighted by Crippen LogP contribution is -2.40. The van der Waals surface area contributed by atoms with Crippen LogP contribution in [-0.4, -0.2) is 31.3 Å². The summed E-state index contributed by atoms with van der Waals surface area (Å²) in [6.07, 6.45) is 3.45. The topological polar surface area (TPSA) is 91.2 Å². The van der Waals surface area contributed by atoms with Crippen LogP contribution in [0.4, 0.5) is 5.69 Å². The molecule has 0 spiro atoms. The van der Waals surface area contributed by atoms with Crippen molar-refractivity contribution in [2.24, 2.45) is 4.99 Å². The van der Waals surface area contributed by atoms with Crippen LogP contribution in [0.25, 0.3) is 6.08 Å². The van der Waals surface area contributed by atoms with Crippen LogP contribution in [0.1, 0.15) is 24.1 Å². The fourth-order valence-corrected chi connectivity index (χ4v) is 5.67. The number of carbonyl (C=O) groups is 1. The van der Waals surface area contributed by atoms with Gasteiger partial charge in [-0.1, -0.05) is 60.4 Å². The minimum absolute atomic E-state index is 0.252. The largest absolute Gasteiger partial charge is 0.497 e. The highest BCUT2D eigenvalue weighted by molar-refractivity contribution is 7.07. The maximum atomic E-state index is 14.0. The Balaban J connectivity index is 1.62. The van der Waals surface area contributed by atoms with Gasteiger partial charge in [-0.15, -0.1) is 0 Å². The number of methoxy groups -OCH3 is 2. The molecule has 1 aromatic heterocycles. The van der Waals surface area contributed by atoms with Crippen LogP contribution in [0, 0.1) is 0 Å². The standard InChI is InChI=1S/C32H29N3O5S/c1-5-17-40-25-16-11-21(18-26(25)39-4)19-27-31(37)35-29(22-12-14-24(38-3)15-13-22)28(20(2)33-32(35)41-27)30(36)34-23-9-7-6-8-10-23/h5-16,18-19,29H,1,17H2,2-4H3,(H,34,36)/b27-19+/t29-/m1/s1. The number of hydrogen-bond acceptors (Lipinski definition) is 7. The van der Waals surface area contributed by atoms with Gasteiger partial charge >= 0.3 is 0 Å². The van der Waals surface area contributed by atoms with Crippen molar-refractivity contribution >= 4 is 29.0 Å². The zero-order chi connectivity index (χ0) is 28.9. The van der Waals surface area contributed by atoms with Gasteiger partial charge in [0.05, 0.1) is 36.1 Å². The monoisotopic (exact) mass is 567 g/mol. The lowest BCUT2D eigenvalue weighted by atomic mass is 9.95. The van der Waals surface area contributed by atoms with E-state index in [1.54, 1.807) is 43.9 Å². The number of para-hydroxylation sites is 1. The van der Waals surface area contributed by atoms with Crippen molar-refractivity contribution in [2.75, 3.05) is 26.1 Å². The fourth-order valence-electron chi connectivity index (χ4n) is 4.63. The molecule has 0 radical (unpaired) electrons. The Morgan fingerprint density at radius 1 is 1.05 bits per heavy atom. The Bertz CT molecular complexity index is 1800. The van der Waals surface area contributed by atoms with Crippen LogP contribution >= 0.6 is 11.3 Å². The first-order valence-electron chi connectivity index (χ1n) is 12.9. The van der Waals surface area contributed by atoms with E-state index < -0.39 is 6.04 Å². The molecule has 0 unspecified atom stereocenters. The molecule has 3 aromatic carbocycles. The molecule has 9 heteroatoms. The number of anilines is 1. The predicted octanol–water partition coefficient (Wildman–Crippen LogP) is 4.46. The number of ether oxygens (including phenoxy) is 3. The van der Waals surface area contributed by atoms with E-state index in [2.05, 4.69) is 11.9 Å². The van der Waals surface area contributed by atoms with Crippen LogP contribution in [0.15, 0.2) is 107 Å². The predicted molar refractivity (Wildman–Crippen MR) is 161 cm³/mol. The highest BCUT2D eigenvalue weighted by Gasteiger charge is 2.32. The molecule has 5 rings (SSSR count). The van der Waals surface area contributed by atoms with Gasteiger partial charge in [-0.2, -0.15) is 0 Å². The van der Waals surface area contributed by atoms with Gasteiger partial charge in [0.2, 0.25) is 0 Å². The first-order valence-corrected chi connectivity index (χ1v) is 13.7. The van der Waals surface area contributed by atoms with Crippen LogP contribution < -0.4 is 34.4 Å². The smallest absolute Gasteiger partial charge is 0.271 e. The summed E-state index contributed by atoms with van der Waals surface area (Å²) >= 11 is 1.27. The minimum Gasteiger partial charge on any atom is -0.497 e. The first-order chi connectivity index (χ1) is 19.9. The Labute approximate surface area is 241 Å². The highest BCUT2D eigenvalue weighted by atomic mass is 32.1. The third-order valence-electron chi connectivity index (χ3n) is 6.57. The van der Waals surface area contributed by atoms with Crippen molar-refractivity contribution in [1.82, 2.24) is 4.57 Å². The van der Waals surface area contributed by atoms with Gasteiger partial charge in [-0.25, -0.2) is 4.99 Å². The Morgan fingerprint density at radius 2 is 1.80 bits per heavy atom. The lowest BCUT2D eigenvalue weighted by Gasteiger charge is -2.25. The molecule has 1 atom stereocenters. The summed E-state index contributed by atoms with van der Waals surface area (Å²) in [6, 6.07) is 21.3. The Hall–Kier alpha value is -4.89. The van der Waals surface area contributed by atoms with Crippen molar-refractivity contribution in [3.63, 3.8) is 0 Å². The number of amides is 1. The van der Waals surface area contributed by atoms with Gasteiger partial charge in [0.15, 0.2) is 16.3 Å². The van der Waals surface area contributed by atoms with E-state index in [-0.39, 0.29) is 11.5 Å². The van der Waals surface area contributed by atoms with Crippen molar-refractivity contribution in [3.05, 3.63) is 128 Å². The van der Waals surface area contributed by atoms with Crippen molar-refractivity contribution in [2.45, 2.75) is 13.0 Å². The third-order valence-corrected chi connectivity index (χ3v) is 7.55. The summed E-state index contributed by atoms with van der Waals surface area (Å²) in [5, 5.41) is 2.96. The normalized spacial score (nSPS) is 14.6. The van der Waals surface area contributed by atoms with E-state index in [4.69, 9.17) is 19.2 Å². The second-order valence-corrected chi connectivity index (χ2v) is 10.2. The number of fused-ring (bicyclic) bond motifs is 1. The number of benzene rings is 3. The number of carbonyl (C=O) groups excluding carboxylic acids is 1. The molecular formula is C32H29N3O5S. The van der Waals surface area contributed by atoms with E-state index in [0.717, 1.165) is 11.1 Å². The van der Waals surface area contributed by atoms with Gasteiger partial charge in [0.1, 0.15) is 12.4 Å². The molecule has 1 N–H and O–H groups in total. The second kappa shape index (κ2) is 12.1. The maximum Gasteiger partial charge on any atom is 0.271 e. The van der Waals surface area contributed by atoms with E-state index in [1.165, 1.54) is 11.3 Å². The molecular weight excluding hydrogens is 538 g/mol. The van der Waals surface area contributed by atoms with E-state index in [0.29, 0.717) is 50.1 Å². The molecule has 2 heterocycles. The van der Waals surface area contributed by atoms with Gasteiger partial charge in [-0.05, 0) is 60.5 Å². The summed E-state index contributed by atoms with van der Waals surface area (Å²) < 4.78 is 18.5. The van der Waals surface area contributed by atoms with Gasteiger partial charge in [-0.3, -0.25) is 14.2 Å². The van der Waals surface area contributed by atoms with Crippen molar-refractivity contribution in [1.29, 1.82) is 0 Å². The quantitative estimate of drug-likeness (QED) is 0.302. The van der Waals surface area contributed by atoms with Crippen molar-refractivity contribution in [3.8, 4) is 17.2 Å². The molecule has 1 aliphatic heterocycles. The van der Waals surface area contributed by atoms with E-state index in [1.807, 2.05) is 66.7 Å². The second-order valence-electron chi connectivity index (χ2n) is 9.19. The molecule has 208 valence electrons. The Morgan fingerprint density at radius 3 is 2.49 bits per heavy atom. The maximum absolute atomic E-state index is 14.0. The summed E-state index contributed by atoms with van der Waals surface area (Å²) in [4.78, 5) is 32.8. The van der Waals surface area contributed by atoms with Gasteiger partial charge in [0, 0.05) is 5.69 Å². The number of rotatable bonds is 9. The molecule has 0 fully saturated rings. The molecule has 4 aromatic rings. The molecule has 8 nitrogen and oxygen atoms in total. The number of allylic oxidation sites excluding steroid dienone is 1. The molecule has 1 aliphatic rings. The summed E-state index contributed by atoms with van der Waals surface area (Å²) in [7, 11) is 3.15. The molecule has 0 saturated carbocycles. The zero-order valence-electron chi connectivity index (χ0n) is 22.9. The van der Waals surface area contributed by atoms with Crippen LogP contribution in [0.3, 0.4) is 0 Å². The number of nitrogens with zero attached hydrogens (tertiary/aromatic N) is 2. The van der Waals surface area contributed by atoms with Crippen LogP contribution in [0.2, 0.25) is 0 Å². The molecule has 0 bridgehead atoms. The molecule has 0 aliphatic carbocycles. The highest BCUT2D eigenvalue weighted by Crippen LogP contribution is 2.32. The average molecular weight is 568 g/mol. The van der Waals surface area contributed by atoms with Crippen LogP contribution in [-0.2, 0) is 4.79 Å². The van der Waals surface area contributed by atoms with Crippen LogP contribution in [0.5, 0.6) is 17.2 Å². The first kappa shape index (κ1) is 27.7. The lowest BCUT2D eigenvalue weighted by molar-refractivity contribution is -0.113. The SMILES string of the molecule is C=CCOc1ccc(/C=c2/sc3n(c2=O)[C@H](c2ccc(OC)cc2)C(C(=O)Nc2ccccc2)=C(C)N=3)cc1OC.